The van der Waals surface area contributed by atoms with Crippen molar-refractivity contribution in [2.24, 2.45) is 0 Å². The lowest BCUT2D eigenvalue weighted by Crippen LogP contribution is -2.71. The number of anilines is 2. The summed E-state index contributed by atoms with van der Waals surface area (Å²) in [6.45, 7) is 1.51. The highest BCUT2D eigenvalue weighted by atomic mass is 35.5. The molecule has 1 aromatic carbocycles. The van der Waals surface area contributed by atoms with Gasteiger partial charge in [0.25, 0.3) is 0 Å². The number of amides is 2. The number of halogens is 1. The number of fused-ring (bicyclic) bond motifs is 3. The van der Waals surface area contributed by atoms with Gasteiger partial charge in [-0.25, -0.2) is 4.98 Å². The van der Waals surface area contributed by atoms with Crippen molar-refractivity contribution in [2.45, 2.75) is 66.8 Å². The SMILES string of the molecule is BC(B)(Oc1cnc2c(c1)CCC(=O)N2[C@H]1C[C@@H](O)C1)C(B)(B)N1CCC2(CC1)C(=O)Nc1ccc(Cl)cc12. The Hall–Kier alpha value is -2.42. The molecule has 3 aliphatic heterocycles. The van der Waals surface area contributed by atoms with Crippen molar-refractivity contribution in [1.29, 1.82) is 0 Å². The first-order valence-corrected chi connectivity index (χ1v) is 14.3. The zero-order valence-electron chi connectivity index (χ0n) is 23.1. The first-order chi connectivity index (χ1) is 18.4. The Morgan fingerprint density at radius 3 is 2.51 bits per heavy atom. The van der Waals surface area contributed by atoms with Crippen LogP contribution in [0.3, 0.4) is 0 Å². The first-order valence-electron chi connectivity index (χ1n) is 14.0. The van der Waals surface area contributed by atoms with Gasteiger partial charge in [-0.2, -0.15) is 0 Å². The molecule has 2 aromatic rings. The number of carbonyl (C=O) groups excluding carboxylic acids is 2. The van der Waals surface area contributed by atoms with Crippen molar-refractivity contribution in [2.75, 3.05) is 23.3 Å². The molecule has 1 aromatic heterocycles. The van der Waals surface area contributed by atoms with Crippen LogP contribution in [0.15, 0.2) is 30.5 Å². The Labute approximate surface area is 237 Å². The minimum Gasteiger partial charge on any atom is -0.503 e. The van der Waals surface area contributed by atoms with Crippen LogP contribution in [0.25, 0.3) is 0 Å². The first kappa shape index (κ1) is 26.8. The van der Waals surface area contributed by atoms with E-state index in [4.69, 9.17) is 16.3 Å². The molecule has 1 saturated carbocycles. The molecule has 0 bridgehead atoms. The lowest BCUT2D eigenvalue weighted by molar-refractivity contribution is -0.123. The van der Waals surface area contributed by atoms with E-state index in [9.17, 15) is 14.7 Å². The molecule has 1 spiro atoms. The van der Waals surface area contributed by atoms with Crippen molar-refractivity contribution < 1.29 is 19.4 Å². The summed E-state index contributed by atoms with van der Waals surface area (Å²) in [6.07, 6.45) is 5.09. The Kier molecular flexibility index (Phi) is 6.40. The predicted molar refractivity (Wildman–Crippen MR) is 162 cm³/mol. The molecule has 4 aliphatic rings. The van der Waals surface area contributed by atoms with E-state index in [0.29, 0.717) is 55.1 Å². The maximum atomic E-state index is 13.1. The summed E-state index contributed by atoms with van der Waals surface area (Å²) in [5.41, 5.74) is 2.35. The molecule has 2 N–H and O–H groups in total. The monoisotopic (exact) mass is 544 g/mol. The molecular formula is C26H33B4ClN4O4. The fraction of sp³-hybridized carbons (Fsp3) is 0.500. The average Bonchev–Trinajstić information content (AvgIpc) is 3.12. The van der Waals surface area contributed by atoms with Gasteiger partial charge >= 0.3 is 0 Å². The summed E-state index contributed by atoms with van der Waals surface area (Å²) in [5, 5.41) is 12.6. The standard InChI is InChI=1S/C26H33B4ClN4O4/c27-25(28,34-7-5-24(6-8-34)19-10-15(31)2-3-20(19)33-23(24)38)26(29,30)39-18-9-14-1-4-21(37)35(22(14)32-13-18)16-11-17(36)12-16/h2-3,9-10,13,16-17,36H,1,4-8,11-12,27-30H2,(H,33,38)/t16-,17+. The van der Waals surface area contributed by atoms with Gasteiger partial charge in [0.05, 0.1) is 17.7 Å². The molecule has 0 unspecified atom stereocenters. The van der Waals surface area contributed by atoms with Crippen molar-refractivity contribution >= 4 is 66.3 Å². The number of nitrogens with one attached hydrogen (secondary N) is 1. The van der Waals surface area contributed by atoms with Gasteiger partial charge in [0, 0.05) is 28.6 Å². The second-order valence-electron chi connectivity index (χ2n) is 12.6. The quantitative estimate of drug-likeness (QED) is 0.457. The van der Waals surface area contributed by atoms with Crippen molar-refractivity contribution in [3.8, 4) is 5.75 Å². The minimum absolute atomic E-state index is 0.0218. The van der Waals surface area contributed by atoms with Crippen LogP contribution in [0.2, 0.25) is 5.02 Å². The molecule has 8 nitrogen and oxygen atoms in total. The molecule has 1 saturated heterocycles. The molecule has 200 valence electrons. The summed E-state index contributed by atoms with van der Waals surface area (Å²) in [4.78, 5) is 34.6. The number of benzene rings is 1. The second-order valence-corrected chi connectivity index (χ2v) is 13.0. The average molecular weight is 544 g/mol. The smallest absolute Gasteiger partial charge is 0.235 e. The highest BCUT2D eigenvalue weighted by molar-refractivity contribution is 6.54. The van der Waals surface area contributed by atoms with Gasteiger partial charge in [-0.1, -0.05) is 11.6 Å². The maximum Gasteiger partial charge on any atom is 0.235 e. The van der Waals surface area contributed by atoms with E-state index in [0.717, 1.165) is 29.9 Å². The van der Waals surface area contributed by atoms with Crippen LogP contribution in [0.4, 0.5) is 11.5 Å². The van der Waals surface area contributed by atoms with Crippen LogP contribution in [0, 0.1) is 0 Å². The second kappa shape index (κ2) is 9.32. The number of ether oxygens (including phenoxy) is 1. The van der Waals surface area contributed by atoms with Gasteiger partial charge in [-0.15, -0.1) is 0 Å². The van der Waals surface area contributed by atoms with Gasteiger partial charge in [0.2, 0.25) is 11.8 Å². The Bertz CT molecular complexity index is 1350. The summed E-state index contributed by atoms with van der Waals surface area (Å²) in [6, 6.07) is 7.69. The van der Waals surface area contributed by atoms with Crippen LogP contribution in [-0.2, 0) is 21.4 Å². The molecule has 0 atom stereocenters. The number of aliphatic hydroxyl groups is 1. The fourth-order valence-corrected chi connectivity index (χ4v) is 6.87. The number of hydrogen-bond acceptors (Lipinski definition) is 6. The van der Waals surface area contributed by atoms with E-state index < -0.39 is 10.8 Å². The van der Waals surface area contributed by atoms with Crippen LogP contribution < -0.4 is 15.0 Å². The van der Waals surface area contributed by atoms with Crippen molar-refractivity contribution in [3.63, 3.8) is 0 Å². The highest BCUT2D eigenvalue weighted by Crippen LogP contribution is 2.47. The van der Waals surface area contributed by atoms with E-state index in [1.165, 1.54) is 0 Å². The number of rotatable bonds is 5. The van der Waals surface area contributed by atoms with E-state index >= 15 is 0 Å². The Morgan fingerprint density at radius 1 is 1.10 bits per heavy atom. The highest BCUT2D eigenvalue weighted by Gasteiger charge is 2.52. The topological polar surface area (TPSA) is 95.0 Å². The van der Waals surface area contributed by atoms with Crippen LogP contribution in [-0.4, -0.2) is 94.2 Å². The molecule has 13 heteroatoms. The zero-order chi connectivity index (χ0) is 27.7. The number of carbonyl (C=O) groups is 2. The maximum absolute atomic E-state index is 13.1. The Morgan fingerprint density at radius 2 is 1.82 bits per heavy atom. The Balaban J connectivity index is 1.18. The number of hydrogen-bond donors (Lipinski definition) is 2. The molecule has 39 heavy (non-hydrogen) atoms. The van der Waals surface area contributed by atoms with Crippen molar-refractivity contribution in [1.82, 2.24) is 9.88 Å². The molecule has 2 amide bonds. The summed E-state index contributed by atoms with van der Waals surface area (Å²) in [7, 11) is 8.58. The largest absolute Gasteiger partial charge is 0.503 e. The molecule has 2 fully saturated rings. The van der Waals surface area contributed by atoms with E-state index in [1.807, 2.05) is 24.3 Å². The summed E-state index contributed by atoms with van der Waals surface area (Å²) in [5.74, 6) is 1.52. The third-order valence-corrected chi connectivity index (χ3v) is 10.1. The number of piperidine rings is 1. The van der Waals surface area contributed by atoms with Crippen LogP contribution in [0.5, 0.6) is 5.75 Å². The van der Waals surface area contributed by atoms with Crippen LogP contribution in [0.1, 0.15) is 43.2 Å². The fourth-order valence-electron chi connectivity index (χ4n) is 6.69. The summed E-state index contributed by atoms with van der Waals surface area (Å²) < 4.78 is 6.63. The van der Waals surface area contributed by atoms with E-state index in [1.54, 1.807) is 11.1 Å². The lowest BCUT2D eigenvalue weighted by Gasteiger charge is -2.53. The number of nitrogens with zero attached hydrogens (tertiary/aromatic N) is 3. The number of aromatic nitrogens is 1. The number of aliphatic hydroxyl groups excluding tert-OH is 1. The lowest BCUT2D eigenvalue weighted by atomic mass is 9.39. The molecular weight excluding hydrogens is 511 g/mol. The molecule has 1 aliphatic carbocycles. The number of aryl methyl sites for hydroxylation is 1. The van der Waals surface area contributed by atoms with Gasteiger partial charge < -0.3 is 20.1 Å². The third kappa shape index (κ3) is 4.30. The van der Waals surface area contributed by atoms with Crippen LogP contribution >= 0.6 is 11.6 Å². The van der Waals surface area contributed by atoms with E-state index in [-0.39, 0.29) is 29.3 Å². The van der Waals surface area contributed by atoms with E-state index in [2.05, 4.69) is 46.6 Å². The van der Waals surface area contributed by atoms with Gasteiger partial charge in [0.15, 0.2) is 0 Å². The molecule has 4 heterocycles. The predicted octanol–water partition coefficient (Wildman–Crippen LogP) is -1.26. The normalized spacial score (nSPS) is 24.6. The van der Waals surface area contributed by atoms with Gasteiger partial charge in [-0.05, 0) is 85.9 Å². The van der Waals surface area contributed by atoms with Gasteiger partial charge in [0.1, 0.15) is 43.0 Å². The zero-order valence-corrected chi connectivity index (χ0v) is 23.8. The van der Waals surface area contributed by atoms with Crippen molar-refractivity contribution in [3.05, 3.63) is 46.6 Å². The van der Waals surface area contributed by atoms with Gasteiger partial charge in [-0.3, -0.25) is 14.5 Å². The molecule has 6 rings (SSSR count). The number of pyridine rings is 1. The summed E-state index contributed by atoms with van der Waals surface area (Å²) >= 11 is 6.30. The third-order valence-electron chi connectivity index (χ3n) is 9.91. The number of likely N-dealkylation sites (tertiary alicyclic amines) is 1. The minimum atomic E-state index is -0.575. The molecule has 0 radical (unpaired) electrons.